The van der Waals surface area contributed by atoms with Gasteiger partial charge in [0.2, 0.25) is 0 Å². The van der Waals surface area contributed by atoms with Gasteiger partial charge in [-0.25, -0.2) is 4.98 Å². The van der Waals surface area contributed by atoms with E-state index >= 15 is 0 Å². The average molecular weight is 310 g/mol. The fraction of sp³-hybridized carbons (Fsp3) is 0.125. The Morgan fingerprint density at radius 3 is 3.08 bits per heavy atom. The molecule has 0 unspecified atom stereocenters. The van der Waals surface area contributed by atoms with Crippen LogP contribution in [-0.4, -0.2) is 4.98 Å². The van der Waals surface area contributed by atoms with Crippen molar-refractivity contribution < 1.29 is 0 Å². The van der Waals surface area contributed by atoms with Gasteiger partial charge in [0.1, 0.15) is 5.01 Å². The van der Waals surface area contributed by atoms with Crippen molar-refractivity contribution in [1.82, 2.24) is 4.98 Å². The Morgan fingerprint density at radius 2 is 2.33 bits per heavy atom. The zero-order valence-corrected chi connectivity index (χ0v) is 9.78. The van der Waals surface area contributed by atoms with Crippen LogP contribution in [0.5, 0.6) is 0 Å². The van der Waals surface area contributed by atoms with Crippen LogP contribution in [0.1, 0.15) is 5.01 Å². The summed E-state index contributed by atoms with van der Waals surface area (Å²) in [7, 11) is 0. The second kappa shape index (κ2) is 3.47. The highest BCUT2D eigenvalue weighted by molar-refractivity contribution is 14.1. The zero-order valence-electron chi connectivity index (χ0n) is 6.05. The molecule has 0 saturated heterocycles. The molecule has 0 bridgehead atoms. The van der Waals surface area contributed by atoms with Gasteiger partial charge in [-0.1, -0.05) is 34.2 Å². The summed E-state index contributed by atoms with van der Waals surface area (Å²) in [6.07, 6.45) is 0. The van der Waals surface area contributed by atoms with Crippen molar-refractivity contribution in [2.45, 2.75) is 4.43 Å². The van der Waals surface area contributed by atoms with Crippen LogP contribution in [0.25, 0.3) is 10.2 Å². The smallest absolute Gasteiger partial charge is 0.104 e. The number of rotatable bonds is 1. The van der Waals surface area contributed by atoms with Gasteiger partial charge in [-0.2, -0.15) is 0 Å². The minimum absolute atomic E-state index is 0.757. The van der Waals surface area contributed by atoms with E-state index in [0.29, 0.717) is 0 Å². The lowest BCUT2D eigenvalue weighted by Crippen LogP contribution is -1.71. The monoisotopic (exact) mass is 309 g/mol. The Balaban J connectivity index is 2.67. The fourth-order valence-electron chi connectivity index (χ4n) is 1.01. The van der Waals surface area contributed by atoms with Gasteiger partial charge in [0.05, 0.1) is 14.6 Å². The lowest BCUT2D eigenvalue weighted by molar-refractivity contribution is 1.34. The topological polar surface area (TPSA) is 12.9 Å². The maximum absolute atomic E-state index is 5.83. The fourth-order valence-corrected chi connectivity index (χ4v) is 2.61. The predicted molar refractivity (Wildman–Crippen MR) is 62.4 cm³/mol. The van der Waals surface area contributed by atoms with E-state index in [1.165, 1.54) is 4.70 Å². The number of halogens is 2. The van der Waals surface area contributed by atoms with Gasteiger partial charge in [0.15, 0.2) is 0 Å². The van der Waals surface area contributed by atoms with Crippen molar-refractivity contribution in [2.24, 2.45) is 0 Å². The second-order valence-electron chi connectivity index (χ2n) is 2.35. The third-order valence-electron chi connectivity index (χ3n) is 1.51. The molecular weight excluding hydrogens is 305 g/mol. The average Bonchev–Trinajstić information content (AvgIpc) is 2.46. The number of nitrogens with zero attached hydrogens (tertiary/aromatic N) is 1. The first-order valence-corrected chi connectivity index (χ1v) is 6.12. The normalized spacial score (nSPS) is 10.8. The van der Waals surface area contributed by atoms with Gasteiger partial charge in [-0.15, -0.1) is 11.3 Å². The molecule has 0 atom stereocenters. The summed E-state index contributed by atoms with van der Waals surface area (Å²) in [6, 6.07) is 5.83. The largest absolute Gasteiger partial charge is 0.240 e. The molecular formula is C8H5ClINS. The van der Waals surface area contributed by atoms with Gasteiger partial charge in [0.25, 0.3) is 0 Å². The highest BCUT2D eigenvalue weighted by Gasteiger charge is 2.01. The van der Waals surface area contributed by atoms with Crippen molar-refractivity contribution in [2.75, 3.05) is 0 Å². The third kappa shape index (κ3) is 1.58. The summed E-state index contributed by atoms with van der Waals surface area (Å²) in [5, 5.41) is 1.92. The summed E-state index contributed by atoms with van der Waals surface area (Å²) in [5.41, 5.74) is 1.01. The predicted octanol–water partition coefficient (Wildman–Crippen LogP) is 3.88. The molecule has 62 valence electrons. The Hall–Kier alpha value is 0.130. The Labute approximate surface area is 92.9 Å². The van der Waals surface area contributed by atoms with Gasteiger partial charge in [-0.05, 0) is 18.2 Å². The van der Waals surface area contributed by atoms with Gasteiger partial charge < -0.3 is 0 Å². The van der Waals surface area contributed by atoms with Crippen LogP contribution < -0.4 is 0 Å². The van der Waals surface area contributed by atoms with Crippen LogP contribution in [0.2, 0.25) is 5.02 Å². The van der Waals surface area contributed by atoms with Gasteiger partial charge >= 0.3 is 0 Å². The van der Waals surface area contributed by atoms with E-state index < -0.39 is 0 Å². The van der Waals surface area contributed by atoms with Crippen molar-refractivity contribution in [3.05, 3.63) is 28.2 Å². The molecule has 12 heavy (non-hydrogen) atoms. The quantitative estimate of drug-likeness (QED) is 0.575. The van der Waals surface area contributed by atoms with Crippen LogP contribution in [0.4, 0.5) is 0 Å². The van der Waals surface area contributed by atoms with E-state index in [1.807, 2.05) is 18.2 Å². The van der Waals surface area contributed by atoms with Crippen LogP contribution in [-0.2, 0) is 4.43 Å². The molecule has 0 saturated carbocycles. The standard InChI is InChI=1S/C8H5ClINS/c9-5-1-2-7-6(3-5)11-8(4-10)12-7/h1-3H,4H2. The lowest BCUT2D eigenvalue weighted by atomic mass is 10.3. The summed E-state index contributed by atoms with van der Waals surface area (Å²) in [4.78, 5) is 4.42. The molecule has 1 aromatic carbocycles. The highest BCUT2D eigenvalue weighted by atomic mass is 127. The molecule has 1 nitrogen and oxygen atoms in total. The van der Waals surface area contributed by atoms with Crippen molar-refractivity contribution in [1.29, 1.82) is 0 Å². The molecule has 0 aliphatic carbocycles. The van der Waals surface area contributed by atoms with E-state index in [-0.39, 0.29) is 0 Å². The number of fused-ring (bicyclic) bond motifs is 1. The van der Waals surface area contributed by atoms with Crippen LogP contribution in [0.3, 0.4) is 0 Å². The SMILES string of the molecule is Clc1ccc2sc(CI)nc2c1. The number of thiazole rings is 1. The highest BCUT2D eigenvalue weighted by Crippen LogP contribution is 2.25. The Bertz CT molecular complexity index is 412. The first kappa shape index (κ1) is 8.72. The molecule has 0 fully saturated rings. The lowest BCUT2D eigenvalue weighted by Gasteiger charge is -1.86. The molecule has 2 rings (SSSR count). The third-order valence-corrected chi connectivity index (χ3v) is 4.02. The number of benzene rings is 1. The Morgan fingerprint density at radius 1 is 1.50 bits per heavy atom. The zero-order chi connectivity index (χ0) is 8.55. The first-order valence-electron chi connectivity index (χ1n) is 3.40. The minimum Gasteiger partial charge on any atom is -0.240 e. The summed E-state index contributed by atoms with van der Waals surface area (Å²) < 4.78 is 2.18. The van der Waals surface area contributed by atoms with Gasteiger partial charge in [-0.3, -0.25) is 0 Å². The molecule has 0 N–H and O–H groups in total. The first-order chi connectivity index (χ1) is 5.79. The van der Waals surface area contributed by atoms with Crippen molar-refractivity contribution in [3.8, 4) is 0 Å². The molecule has 0 aliphatic heterocycles. The molecule has 0 radical (unpaired) electrons. The summed E-state index contributed by atoms with van der Waals surface area (Å²) in [6.45, 7) is 0. The summed E-state index contributed by atoms with van der Waals surface area (Å²) in [5.74, 6) is 0. The Kier molecular flexibility index (Phi) is 2.52. The number of hydrogen-bond acceptors (Lipinski definition) is 2. The maximum Gasteiger partial charge on any atom is 0.104 e. The number of aromatic nitrogens is 1. The van der Waals surface area contributed by atoms with Crippen molar-refractivity contribution >= 4 is 55.7 Å². The molecule has 0 spiro atoms. The van der Waals surface area contributed by atoms with E-state index in [2.05, 4.69) is 27.6 Å². The minimum atomic E-state index is 0.757. The maximum atomic E-state index is 5.83. The number of hydrogen-bond donors (Lipinski definition) is 0. The molecule has 4 heteroatoms. The van der Waals surface area contributed by atoms with E-state index in [4.69, 9.17) is 11.6 Å². The molecule has 2 aromatic rings. The van der Waals surface area contributed by atoms with E-state index in [9.17, 15) is 0 Å². The molecule has 0 aliphatic rings. The van der Waals surface area contributed by atoms with Crippen LogP contribution in [0, 0.1) is 0 Å². The van der Waals surface area contributed by atoms with Gasteiger partial charge in [0, 0.05) is 5.02 Å². The van der Waals surface area contributed by atoms with E-state index in [0.717, 1.165) is 20.0 Å². The van der Waals surface area contributed by atoms with Crippen LogP contribution in [0.15, 0.2) is 18.2 Å². The molecule has 1 aromatic heterocycles. The molecule has 0 amide bonds. The summed E-state index contributed by atoms with van der Waals surface area (Å²) >= 11 is 9.87. The van der Waals surface area contributed by atoms with E-state index in [1.54, 1.807) is 11.3 Å². The molecule has 1 heterocycles. The van der Waals surface area contributed by atoms with Crippen LogP contribution >= 0.6 is 45.5 Å². The second-order valence-corrected chi connectivity index (χ2v) is 4.67. The number of alkyl halides is 1. The van der Waals surface area contributed by atoms with Crippen molar-refractivity contribution in [3.63, 3.8) is 0 Å².